The van der Waals surface area contributed by atoms with Crippen LogP contribution in [0.15, 0.2) is 59.7 Å². The van der Waals surface area contributed by atoms with E-state index in [2.05, 4.69) is 10.4 Å². The number of halogens is 3. The Kier molecular flexibility index (Phi) is 5.67. The first-order valence-corrected chi connectivity index (χ1v) is 8.47. The molecule has 156 valence electrons. The van der Waals surface area contributed by atoms with Crippen molar-refractivity contribution in [2.24, 2.45) is 0 Å². The Morgan fingerprint density at radius 1 is 1.13 bits per heavy atom. The first kappa shape index (κ1) is 20.8. The van der Waals surface area contributed by atoms with E-state index < -0.39 is 34.8 Å². The number of nitro groups is 1. The summed E-state index contributed by atoms with van der Waals surface area (Å²) in [5.74, 6) is -0.538. The minimum atomic E-state index is -4.53. The van der Waals surface area contributed by atoms with Gasteiger partial charge in [0.15, 0.2) is 5.69 Å². The van der Waals surface area contributed by atoms with Crippen LogP contribution in [0.1, 0.15) is 11.3 Å². The van der Waals surface area contributed by atoms with Gasteiger partial charge in [0.1, 0.15) is 6.54 Å². The summed E-state index contributed by atoms with van der Waals surface area (Å²) < 4.78 is 39.9. The van der Waals surface area contributed by atoms with Crippen LogP contribution in [0.2, 0.25) is 0 Å². The van der Waals surface area contributed by atoms with Gasteiger partial charge in [-0.3, -0.25) is 24.3 Å². The Morgan fingerprint density at radius 2 is 1.83 bits per heavy atom. The third-order valence-electron chi connectivity index (χ3n) is 4.06. The van der Waals surface area contributed by atoms with Crippen LogP contribution in [0.5, 0.6) is 0 Å². The molecule has 0 radical (unpaired) electrons. The molecule has 0 spiro atoms. The molecule has 3 aromatic rings. The number of amides is 1. The van der Waals surface area contributed by atoms with E-state index in [1.807, 2.05) is 0 Å². The highest BCUT2D eigenvalue weighted by Gasteiger charge is 2.33. The molecule has 0 fully saturated rings. The molecule has 0 atom stereocenters. The summed E-state index contributed by atoms with van der Waals surface area (Å²) in [4.78, 5) is 33.9. The molecule has 12 heteroatoms. The fourth-order valence-corrected chi connectivity index (χ4v) is 2.55. The van der Waals surface area contributed by atoms with Gasteiger partial charge in [-0.15, -0.1) is 0 Å². The number of hydrogen-bond donors (Lipinski definition) is 1. The van der Waals surface area contributed by atoms with Gasteiger partial charge in [-0.2, -0.15) is 18.3 Å². The standard InChI is InChI=1S/C18H14F3N5O4/c19-18(20,21)15-7-8-25(23-15)13-3-1-12(2-4-13)9-22-16(27)11-24-10-14(26(29)30)5-6-17(24)28/h1-8,10H,9,11H2,(H,22,27). The maximum absolute atomic E-state index is 12.6. The fourth-order valence-electron chi connectivity index (χ4n) is 2.55. The van der Waals surface area contributed by atoms with Crippen LogP contribution in [0, 0.1) is 10.1 Å². The van der Waals surface area contributed by atoms with Gasteiger partial charge >= 0.3 is 6.18 Å². The van der Waals surface area contributed by atoms with E-state index in [1.165, 1.54) is 6.20 Å². The number of nitrogens with one attached hydrogen (secondary N) is 1. The van der Waals surface area contributed by atoms with E-state index in [9.17, 15) is 32.9 Å². The average Bonchev–Trinajstić information content (AvgIpc) is 3.19. The maximum Gasteiger partial charge on any atom is 0.435 e. The van der Waals surface area contributed by atoms with E-state index in [1.54, 1.807) is 24.3 Å². The minimum Gasteiger partial charge on any atom is -0.350 e. The maximum atomic E-state index is 12.6. The summed E-state index contributed by atoms with van der Waals surface area (Å²) in [5.41, 5.74) is -0.816. The number of aromatic nitrogens is 3. The second kappa shape index (κ2) is 8.19. The topological polar surface area (TPSA) is 112 Å². The Labute approximate surface area is 166 Å². The molecule has 1 amide bonds. The number of alkyl halides is 3. The van der Waals surface area contributed by atoms with Crippen molar-refractivity contribution >= 4 is 11.6 Å². The van der Waals surface area contributed by atoms with Crippen LogP contribution in [-0.4, -0.2) is 25.2 Å². The zero-order valence-corrected chi connectivity index (χ0v) is 15.2. The fraction of sp³-hybridized carbons (Fsp3) is 0.167. The summed E-state index contributed by atoms with van der Waals surface area (Å²) >= 11 is 0. The van der Waals surface area contributed by atoms with Crippen LogP contribution in [0.3, 0.4) is 0 Å². The second-order valence-electron chi connectivity index (χ2n) is 6.20. The number of carbonyl (C=O) groups is 1. The van der Waals surface area contributed by atoms with Crippen molar-refractivity contribution in [3.05, 3.63) is 86.6 Å². The van der Waals surface area contributed by atoms with Gasteiger partial charge in [-0.05, 0) is 23.8 Å². The second-order valence-corrected chi connectivity index (χ2v) is 6.20. The molecule has 1 aromatic carbocycles. The van der Waals surface area contributed by atoms with Gasteiger partial charge in [-0.1, -0.05) is 12.1 Å². The highest BCUT2D eigenvalue weighted by atomic mass is 19.4. The lowest BCUT2D eigenvalue weighted by Crippen LogP contribution is -2.31. The normalized spacial score (nSPS) is 11.3. The molecule has 0 saturated heterocycles. The van der Waals surface area contributed by atoms with E-state index in [-0.39, 0.29) is 12.2 Å². The molecule has 30 heavy (non-hydrogen) atoms. The van der Waals surface area contributed by atoms with Gasteiger partial charge < -0.3 is 5.32 Å². The van der Waals surface area contributed by atoms with Crippen LogP contribution in [0.4, 0.5) is 18.9 Å². The minimum absolute atomic E-state index is 0.0930. The number of nitrogens with zero attached hydrogens (tertiary/aromatic N) is 4. The van der Waals surface area contributed by atoms with E-state index in [0.717, 1.165) is 33.6 Å². The SMILES string of the molecule is O=C(Cn1cc([N+](=O)[O-])ccc1=O)NCc1ccc(-n2ccc(C(F)(F)F)n2)cc1. The third-order valence-corrected chi connectivity index (χ3v) is 4.06. The van der Waals surface area contributed by atoms with E-state index >= 15 is 0 Å². The van der Waals surface area contributed by atoms with Crippen molar-refractivity contribution in [2.75, 3.05) is 0 Å². The van der Waals surface area contributed by atoms with Crippen LogP contribution in [-0.2, 0) is 24.1 Å². The Morgan fingerprint density at radius 3 is 2.43 bits per heavy atom. The molecule has 0 unspecified atom stereocenters. The molecule has 0 aliphatic rings. The average molecular weight is 421 g/mol. The van der Waals surface area contributed by atoms with Crippen molar-refractivity contribution < 1.29 is 22.9 Å². The number of pyridine rings is 1. The highest BCUT2D eigenvalue weighted by molar-refractivity contribution is 5.75. The summed E-state index contributed by atoms with van der Waals surface area (Å²) in [5, 5.41) is 16.8. The van der Waals surface area contributed by atoms with Crippen molar-refractivity contribution in [2.45, 2.75) is 19.3 Å². The van der Waals surface area contributed by atoms with Crippen molar-refractivity contribution in [1.82, 2.24) is 19.7 Å². The predicted molar refractivity (Wildman–Crippen MR) is 97.8 cm³/mol. The number of benzene rings is 1. The van der Waals surface area contributed by atoms with Crippen molar-refractivity contribution in [3.8, 4) is 5.69 Å². The van der Waals surface area contributed by atoms with Gasteiger partial charge in [0, 0.05) is 24.9 Å². The van der Waals surface area contributed by atoms with E-state index in [0.29, 0.717) is 11.3 Å². The molecule has 2 heterocycles. The molecule has 0 bridgehead atoms. The van der Waals surface area contributed by atoms with Crippen LogP contribution >= 0.6 is 0 Å². The molecule has 0 saturated carbocycles. The summed E-state index contributed by atoms with van der Waals surface area (Å²) in [6.07, 6.45) is -2.36. The molecule has 0 aliphatic carbocycles. The number of rotatable bonds is 6. The zero-order valence-electron chi connectivity index (χ0n) is 15.2. The molecule has 2 aromatic heterocycles. The monoisotopic (exact) mass is 421 g/mol. The molecule has 1 N–H and O–H groups in total. The van der Waals surface area contributed by atoms with Gasteiger partial charge in [0.05, 0.1) is 16.8 Å². The first-order chi connectivity index (χ1) is 14.1. The lowest BCUT2D eigenvalue weighted by Gasteiger charge is -2.08. The summed E-state index contributed by atoms with van der Waals surface area (Å²) in [6.45, 7) is -0.304. The van der Waals surface area contributed by atoms with Crippen molar-refractivity contribution in [3.63, 3.8) is 0 Å². The first-order valence-electron chi connectivity index (χ1n) is 8.47. The molecular weight excluding hydrogens is 407 g/mol. The molecule has 9 nitrogen and oxygen atoms in total. The summed E-state index contributed by atoms with van der Waals surface area (Å²) in [6, 6.07) is 9.21. The summed E-state index contributed by atoms with van der Waals surface area (Å²) in [7, 11) is 0. The van der Waals surface area contributed by atoms with Crippen molar-refractivity contribution in [1.29, 1.82) is 0 Å². The Balaban J connectivity index is 1.61. The molecular formula is C18H14F3N5O4. The van der Waals surface area contributed by atoms with Gasteiger partial charge in [0.25, 0.3) is 11.2 Å². The van der Waals surface area contributed by atoms with E-state index in [4.69, 9.17) is 0 Å². The highest BCUT2D eigenvalue weighted by Crippen LogP contribution is 2.27. The predicted octanol–water partition coefficient (Wildman–Crippen LogP) is 2.28. The smallest absolute Gasteiger partial charge is 0.350 e. The van der Waals surface area contributed by atoms with Gasteiger partial charge in [-0.25, -0.2) is 4.68 Å². The third kappa shape index (κ3) is 4.90. The Bertz CT molecular complexity index is 1140. The quantitative estimate of drug-likeness (QED) is 0.485. The lowest BCUT2D eigenvalue weighted by molar-refractivity contribution is -0.385. The molecule has 3 rings (SSSR count). The van der Waals surface area contributed by atoms with Crippen LogP contribution < -0.4 is 10.9 Å². The van der Waals surface area contributed by atoms with Gasteiger partial charge in [0.2, 0.25) is 5.91 Å². The Hall–Kier alpha value is -3.96. The largest absolute Gasteiger partial charge is 0.435 e. The number of hydrogen-bond acceptors (Lipinski definition) is 5. The zero-order chi connectivity index (χ0) is 21.9. The number of carbonyl (C=O) groups excluding carboxylic acids is 1. The lowest BCUT2D eigenvalue weighted by atomic mass is 10.2. The van der Waals surface area contributed by atoms with Crippen LogP contribution in [0.25, 0.3) is 5.69 Å². The molecule has 0 aliphatic heterocycles.